The largest absolute Gasteiger partial charge is 0.457 e. The molecule has 0 fully saturated rings. The zero-order valence-electron chi connectivity index (χ0n) is 33.6. The van der Waals surface area contributed by atoms with Gasteiger partial charge in [-0.3, -0.25) is 4.57 Å². The van der Waals surface area contributed by atoms with E-state index in [4.69, 9.17) is 14.8 Å². The second-order valence-electron chi connectivity index (χ2n) is 17.3. The second kappa shape index (κ2) is 14.6. The summed E-state index contributed by atoms with van der Waals surface area (Å²) < 4.78 is 11.4. The van der Waals surface area contributed by atoms with Gasteiger partial charge in [0.25, 0.3) is 0 Å². The van der Waals surface area contributed by atoms with Crippen LogP contribution in [0.2, 0.25) is 0 Å². The molecule has 3 aromatic carbocycles. The maximum Gasteiger partial charge on any atom is 0.137 e. The fourth-order valence-electron chi connectivity index (χ4n) is 8.87. The Kier molecular flexibility index (Phi) is 10.1. The van der Waals surface area contributed by atoms with Crippen LogP contribution in [0, 0.1) is 24.7 Å². The second-order valence-corrected chi connectivity index (χ2v) is 17.3. The molecule has 0 amide bonds. The van der Waals surface area contributed by atoms with Gasteiger partial charge in [-0.25, -0.2) is 9.67 Å². The summed E-state index contributed by atoms with van der Waals surface area (Å²) in [4.78, 5) is 4.88. The zero-order chi connectivity index (χ0) is 37.6. The van der Waals surface area contributed by atoms with Crippen LogP contribution in [0.5, 0.6) is 11.5 Å². The Hall–Kier alpha value is -4.64. The molecular weight excluding hydrogens is 649 g/mol. The van der Waals surface area contributed by atoms with Crippen LogP contribution >= 0.6 is 0 Å². The third kappa shape index (κ3) is 7.32. The maximum absolute atomic E-state index is 6.88. The summed E-state index contributed by atoms with van der Waals surface area (Å²) in [5.41, 5.74) is 11.1. The highest BCUT2D eigenvalue weighted by Gasteiger charge is 2.32. The first-order valence-corrected chi connectivity index (χ1v) is 19.9. The monoisotopic (exact) mass is 706 g/mol. The average molecular weight is 707 g/mol. The summed E-state index contributed by atoms with van der Waals surface area (Å²) >= 11 is 0. The van der Waals surface area contributed by atoms with E-state index in [-0.39, 0.29) is 5.41 Å². The number of nitrogens with zero attached hydrogens (tertiary/aromatic N) is 4. The maximum atomic E-state index is 6.88. The molecular formula is C48H58N4O. The highest BCUT2D eigenvalue weighted by Crippen LogP contribution is 2.44. The van der Waals surface area contributed by atoms with E-state index in [0.29, 0.717) is 23.7 Å². The van der Waals surface area contributed by atoms with Crippen molar-refractivity contribution in [1.82, 2.24) is 19.3 Å². The number of fused-ring (bicyclic) bond motifs is 3. The van der Waals surface area contributed by atoms with Gasteiger partial charge in [0, 0.05) is 46.3 Å². The van der Waals surface area contributed by atoms with Crippen LogP contribution in [0.15, 0.2) is 90.6 Å². The van der Waals surface area contributed by atoms with Crippen molar-refractivity contribution in [1.29, 1.82) is 0 Å². The van der Waals surface area contributed by atoms with Crippen LogP contribution in [0.1, 0.15) is 116 Å². The Bertz CT molecular complexity index is 2290. The molecule has 3 aromatic heterocycles. The first-order chi connectivity index (χ1) is 25.3. The van der Waals surface area contributed by atoms with Crippen LogP contribution in [-0.2, 0) is 18.3 Å². The number of allylic oxidation sites excluding steroid dienone is 2. The minimum atomic E-state index is -0.0842. The lowest BCUT2D eigenvalue weighted by Crippen LogP contribution is -2.21. The molecule has 0 spiro atoms. The minimum Gasteiger partial charge on any atom is -0.457 e. The minimum absolute atomic E-state index is 0.0842. The third-order valence-corrected chi connectivity index (χ3v) is 11.2. The number of unbranched alkanes of at least 4 members (excludes halogenated alkanes) is 1. The fourth-order valence-corrected chi connectivity index (χ4v) is 8.87. The predicted molar refractivity (Wildman–Crippen MR) is 222 cm³/mol. The van der Waals surface area contributed by atoms with Gasteiger partial charge in [-0.1, -0.05) is 91.7 Å². The normalized spacial score (nSPS) is 17.9. The van der Waals surface area contributed by atoms with E-state index in [9.17, 15) is 0 Å². The van der Waals surface area contributed by atoms with Gasteiger partial charge in [-0.15, -0.1) is 0 Å². The molecule has 0 aliphatic heterocycles. The molecule has 0 radical (unpaired) electrons. The Balaban J connectivity index is 1.35. The number of ether oxygens (including phenoxy) is 1. The van der Waals surface area contributed by atoms with Gasteiger partial charge in [0.15, 0.2) is 0 Å². The molecule has 0 saturated carbocycles. The molecule has 3 heterocycles. The SMILES string of the molecule is CCCCc1c(C2C(C)=C[C@H](C)C[C@@H]2C)c(C)nn1-c1cc(Oc2ccc3c4ccccc4n(-c4cc(CC(C)C)ccn4)c3c2)cc(C(C)(C)C)c1. The van der Waals surface area contributed by atoms with Crippen LogP contribution in [-0.4, -0.2) is 19.3 Å². The molecule has 5 heteroatoms. The van der Waals surface area contributed by atoms with Gasteiger partial charge < -0.3 is 4.74 Å². The van der Waals surface area contributed by atoms with E-state index < -0.39 is 0 Å². The topological polar surface area (TPSA) is 44.9 Å². The molecule has 1 aliphatic carbocycles. The smallest absolute Gasteiger partial charge is 0.137 e. The molecule has 1 aliphatic rings. The lowest BCUT2D eigenvalue weighted by Gasteiger charge is -2.32. The number of para-hydroxylation sites is 1. The predicted octanol–water partition coefficient (Wildman–Crippen LogP) is 13.0. The van der Waals surface area contributed by atoms with Crippen LogP contribution in [0.25, 0.3) is 33.3 Å². The van der Waals surface area contributed by atoms with E-state index in [2.05, 4.69) is 157 Å². The van der Waals surface area contributed by atoms with Gasteiger partial charge in [0.2, 0.25) is 0 Å². The summed E-state index contributed by atoms with van der Waals surface area (Å²) in [5.74, 6) is 4.70. The Morgan fingerprint density at radius 3 is 2.40 bits per heavy atom. The summed E-state index contributed by atoms with van der Waals surface area (Å²) in [6.45, 7) is 23.0. The van der Waals surface area contributed by atoms with Crippen LogP contribution in [0.4, 0.5) is 0 Å². The molecule has 0 N–H and O–H groups in total. The van der Waals surface area contributed by atoms with Crippen molar-refractivity contribution in [2.24, 2.45) is 17.8 Å². The molecule has 7 rings (SSSR count). The van der Waals surface area contributed by atoms with Crippen molar-refractivity contribution in [2.45, 2.75) is 113 Å². The van der Waals surface area contributed by atoms with Gasteiger partial charge in [0.1, 0.15) is 17.3 Å². The van der Waals surface area contributed by atoms with E-state index >= 15 is 0 Å². The fraction of sp³-hybridized carbons (Fsp3) is 0.417. The molecule has 5 nitrogen and oxygen atoms in total. The summed E-state index contributed by atoms with van der Waals surface area (Å²) in [7, 11) is 0. The van der Waals surface area contributed by atoms with Crippen molar-refractivity contribution in [3.8, 4) is 23.0 Å². The number of pyridine rings is 1. The summed E-state index contributed by atoms with van der Waals surface area (Å²) in [6.07, 6.45) is 9.93. The first kappa shape index (κ1) is 36.7. The summed E-state index contributed by atoms with van der Waals surface area (Å²) in [5, 5.41) is 7.72. The van der Waals surface area contributed by atoms with Crippen molar-refractivity contribution in [2.75, 3.05) is 0 Å². The number of benzene rings is 3. The lowest BCUT2D eigenvalue weighted by molar-refractivity contribution is 0.389. The third-order valence-electron chi connectivity index (χ3n) is 11.2. The van der Waals surface area contributed by atoms with E-state index in [0.717, 1.165) is 65.4 Å². The van der Waals surface area contributed by atoms with E-state index in [1.807, 2.05) is 6.20 Å². The highest BCUT2D eigenvalue weighted by atomic mass is 16.5. The number of aryl methyl sites for hydroxylation is 1. The van der Waals surface area contributed by atoms with Crippen molar-refractivity contribution in [3.63, 3.8) is 0 Å². The van der Waals surface area contributed by atoms with Crippen molar-refractivity contribution < 1.29 is 4.74 Å². The van der Waals surface area contributed by atoms with Gasteiger partial charge in [-0.05, 0) is 116 Å². The van der Waals surface area contributed by atoms with Crippen molar-refractivity contribution >= 4 is 21.8 Å². The van der Waals surface area contributed by atoms with E-state index in [1.54, 1.807) is 0 Å². The number of hydrogen-bond acceptors (Lipinski definition) is 3. The van der Waals surface area contributed by atoms with Gasteiger partial charge >= 0.3 is 0 Å². The Morgan fingerprint density at radius 1 is 0.887 bits per heavy atom. The average Bonchev–Trinajstić information content (AvgIpc) is 3.60. The van der Waals surface area contributed by atoms with E-state index in [1.165, 1.54) is 45.2 Å². The number of rotatable bonds is 10. The standard InChI is InChI=1S/C48H58N4O/c1-11-12-16-43-47(46-32(5)23-31(4)24-33(46)6)34(7)50-52(43)37-26-36(48(8,9)10)27-39(28-37)53-38-18-19-41-40-15-13-14-17-42(40)51(44(41)29-38)45-25-35(20-21-49-45)22-30(2)3/h13-15,17-21,23,25-31,33,46H,11-12,16,22,24H2,1-10H3/t31-,33-,46?/m0/s1. The quantitative estimate of drug-likeness (QED) is 0.133. The Morgan fingerprint density at radius 2 is 1.66 bits per heavy atom. The Labute approximate surface area is 317 Å². The van der Waals surface area contributed by atoms with Crippen LogP contribution in [0.3, 0.4) is 0 Å². The highest BCUT2D eigenvalue weighted by molar-refractivity contribution is 6.09. The molecule has 0 bridgehead atoms. The lowest BCUT2D eigenvalue weighted by atomic mass is 9.72. The molecule has 6 aromatic rings. The van der Waals surface area contributed by atoms with Crippen LogP contribution < -0.4 is 4.74 Å². The number of hydrogen-bond donors (Lipinski definition) is 0. The molecule has 1 unspecified atom stereocenters. The summed E-state index contributed by atoms with van der Waals surface area (Å²) in [6, 6.07) is 26.2. The first-order valence-electron chi connectivity index (χ1n) is 19.9. The van der Waals surface area contributed by atoms with Gasteiger partial charge in [0.05, 0.1) is 22.4 Å². The molecule has 53 heavy (non-hydrogen) atoms. The molecule has 0 saturated heterocycles. The van der Waals surface area contributed by atoms with Gasteiger partial charge in [-0.2, -0.15) is 5.10 Å². The zero-order valence-corrected chi connectivity index (χ0v) is 33.6. The molecule has 276 valence electrons. The molecule has 3 atom stereocenters. The number of aromatic nitrogens is 4. The van der Waals surface area contributed by atoms with Crippen molar-refractivity contribution in [3.05, 3.63) is 119 Å².